The normalized spacial score (nSPS) is 21.0. The van der Waals surface area contributed by atoms with Gasteiger partial charge in [-0.15, -0.1) is 0 Å². The van der Waals surface area contributed by atoms with Crippen LogP contribution in [0.1, 0.15) is 48.0 Å². The Balaban J connectivity index is 1.82. The molecule has 1 saturated carbocycles. The minimum atomic E-state index is 0.189. The zero-order chi connectivity index (χ0) is 16.4. The molecule has 1 fully saturated rings. The third-order valence-electron chi connectivity index (χ3n) is 4.99. The van der Waals surface area contributed by atoms with E-state index in [1.54, 1.807) is 0 Å². The van der Waals surface area contributed by atoms with Crippen molar-refractivity contribution in [1.29, 1.82) is 0 Å². The van der Waals surface area contributed by atoms with Gasteiger partial charge in [0, 0.05) is 30.4 Å². The van der Waals surface area contributed by atoms with Gasteiger partial charge in [0.25, 0.3) is 5.91 Å². The third kappa shape index (κ3) is 3.34. The zero-order valence-electron chi connectivity index (χ0n) is 14.1. The van der Waals surface area contributed by atoms with Crippen molar-refractivity contribution in [1.82, 2.24) is 10.2 Å². The first-order valence-electron chi connectivity index (χ1n) is 8.55. The molecule has 0 spiro atoms. The van der Waals surface area contributed by atoms with Crippen molar-refractivity contribution in [3.8, 4) is 0 Å². The smallest absolute Gasteiger partial charge is 0.254 e. The Morgan fingerprint density at radius 2 is 1.91 bits per heavy atom. The maximum absolute atomic E-state index is 13.1. The summed E-state index contributed by atoms with van der Waals surface area (Å²) in [7, 11) is 1.97. The summed E-state index contributed by atoms with van der Waals surface area (Å²) < 4.78 is 0. The Kier molecular flexibility index (Phi) is 4.56. The van der Waals surface area contributed by atoms with E-state index in [0.717, 1.165) is 37.7 Å². The zero-order valence-corrected chi connectivity index (χ0v) is 14.1. The molecular weight excluding hydrogens is 284 g/mol. The number of aryl methyl sites for hydroxylation is 1. The van der Waals surface area contributed by atoms with Crippen LogP contribution in [-0.2, 0) is 0 Å². The lowest BCUT2D eigenvalue weighted by Gasteiger charge is -2.36. The highest BCUT2D eigenvalue weighted by atomic mass is 16.2. The molecule has 0 aliphatic heterocycles. The molecule has 1 N–H and O–H groups in total. The fourth-order valence-corrected chi connectivity index (χ4v) is 3.51. The monoisotopic (exact) mass is 310 g/mol. The van der Waals surface area contributed by atoms with E-state index in [0.29, 0.717) is 12.1 Å². The summed E-state index contributed by atoms with van der Waals surface area (Å²) >= 11 is 0. The number of allylic oxidation sites excluding steroid dienone is 2. The van der Waals surface area contributed by atoms with Crippen LogP contribution in [0.3, 0.4) is 0 Å². The number of rotatable bonds is 5. The summed E-state index contributed by atoms with van der Waals surface area (Å²) in [5.41, 5.74) is 4.53. The van der Waals surface area contributed by atoms with Crippen LogP contribution < -0.4 is 5.32 Å². The maximum Gasteiger partial charge on any atom is 0.254 e. The van der Waals surface area contributed by atoms with E-state index in [2.05, 4.69) is 23.7 Å². The predicted molar refractivity (Wildman–Crippen MR) is 94.3 cm³/mol. The lowest BCUT2D eigenvalue weighted by molar-refractivity contribution is 0.0643. The van der Waals surface area contributed by atoms with Crippen molar-refractivity contribution in [3.63, 3.8) is 0 Å². The summed E-state index contributed by atoms with van der Waals surface area (Å²) in [5.74, 6) is 0.189. The molecule has 3 heteroatoms. The molecule has 2 aliphatic carbocycles. The molecule has 1 aromatic carbocycles. The van der Waals surface area contributed by atoms with E-state index in [9.17, 15) is 4.79 Å². The number of nitrogens with zero attached hydrogens (tertiary/aromatic N) is 1. The van der Waals surface area contributed by atoms with Gasteiger partial charge in [-0.25, -0.2) is 0 Å². The highest BCUT2D eigenvalue weighted by molar-refractivity contribution is 5.95. The van der Waals surface area contributed by atoms with Gasteiger partial charge in [0.1, 0.15) is 0 Å². The molecule has 1 atom stereocenters. The van der Waals surface area contributed by atoms with Gasteiger partial charge in [-0.3, -0.25) is 4.79 Å². The molecule has 122 valence electrons. The van der Waals surface area contributed by atoms with Gasteiger partial charge >= 0.3 is 0 Å². The average molecular weight is 310 g/mol. The van der Waals surface area contributed by atoms with Crippen molar-refractivity contribution in [3.05, 3.63) is 59.3 Å². The Hall–Kier alpha value is -2.03. The minimum Gasteiger partial charge on any atom is -0.391 e. The van der Waals surface area contributed by atoms with E-state index in [1.165, 1.54) is 16.8 Å². The first-order chi connectivity index (χ1) is 11.1. The van der Waals surface area contributed by atoms with Gasteiger partial charge in [0.05, 0.1) is 0 Å². The number of amides is 1. The minimum absolute atomic E-state index is 0.189. The molecule has 0 bridgehead atoms. The van der Waals surface area contributed by atoms with Gasteiger partial charge in [-0.05, 0) is 56.7 Å². The van der Waals surface area contributed by atoms with Crippen LogP contribution in [0, 0.1) is 6.92 Å². The van der Waals surface area contributed by atoms with Crippen molar-refractivity contribution in [2.24, 2.45) is 0 Å². The second-order valence-electron chi connectivity index (χ2n) is 6.66. The highest BCUT2D eigenvalue weighted by Gasteiger charge is 2.38. The number of carbonyl (C=O) groups excluding carboxylic acids is 1. The lowest BCUT2D eigenvalue weighted by Crippen LogP contribution is -2.43. The molecule has 0 aromatic heterocycles. The molecule has 3 nitrogen and oxygen atoms in total. The van der Waals surface area contributed by atoms with E-state index >= 15 is 0 Å². The van der Waals surface area contributed by atoms with E-state index in [4.69, 9.17) is 0 Å². The Bertz CT molecular complexity index is 626. The molecule has 0 radical (unpaired) electrons. The Labute approximate surface area is 139 Å². The van der Waals surface area contributed by atoms with Crippen LogP contribution in [0.15, 0.2) is 48.2 Å². The second kappa shape index (κ2) is 6.61. The van der Waals surface area contributed by atoms with Crippen molar-refractivity contribution in [2.75, 3.05) is 7.05 Å². The number of carbonyl (C=O) groups is 1. The van der Waals surface area contributed by atoms with Crippen LogP contribution in [0.2, 0.25) is 0 Å². The number of hydrogen-bond acceptors (Lipinski definition) is 2. The molecule has 1 unspecified atom stereocenters. The highest BCUT2D eigenvalue weighted by Crippen LogP contribution is 2.36. The largest absolute Gasteiger partial charge is 0.391 e. The van der Waals surface area contributed by atoms with E-state index in [-0.39, 0.29) is 5.91 Å². The fraction of sp³-hybridized carbons (Fsp3) is 0.450. The molecule has 0 heterocycles. The van der Waals surface area contributed by atoms with Crippen LogP contribution in [0.25, 0.3) is 0 Å². The number of benzene rings is 1. The summed E-state index contributed by atoms with van der Waals surface area (Å²) in [5, 5.41) is 3.28. The average Bonchev–Trinajstić information content (AvgIpc) is 3.40. The molecule has 2 aliphatic rings. The lowest BCUT2D eigenvalue weighted by atomic mass is 9.90. The van der Waals surface area contributed by atoms with Crippen LogP contribution >= 0.6 is 0 Å². The molecule has 0 saturated heterocycles. The number of hydrogen-bond donors (Lipinski definition) is 1. The van der Waals surface area contributed by atoms with Gasteiger partial charge in [-0.2, -0.15) is 0 Å². The van der Waals surface area contributed by atoms with Crippen molar-refractivity contribution in [2.45, 2.75) is 51.1 Å². The van der Waals surface area contributed by atoms with Gasteiger partial charge < -0.3 is 10.2 Å². The Morgan fingerprint density at radius 3 is 2.48 bits per heavy atom. The van der Waals surface area contributed by atoms with Crippen LogP contribution in [0.4, 0.5) is 0 Å². The molecule has 1 aromatic rings. The summed E-state index contributed by atoms with van der Waals surface area (Å²) in [4.78, 5) is 15.2. The summed E-state index contributed by atoms with van der Waals surface area (Å²) in [6.45, 7) is 6.00. The molecule has 23 heavy (non-hydrogen) atoms. The Morgan fingerprint density at radius 1 is 1.22 bits per heavy atom. The van der Waals surface area contributed by atoms with Gasteiger partial charge in [-0.1, -0.05) is 30.4 Å². The molecule has 3 rings (SSSR count). The van der Waals surface area contributed by atoms with Gasteiger partial charge in [0.15, 0.2) is 0 Å². The van der Waals surface area contributed by atoms with Gasteiger partial charge in [0.2, 0.25) is 0 Å². The topological polar surface area (TPSA) is 32.3 Å². The standard InChI is InChI=1S/C20H26N2O/c1-4-15-13-18(11-12-19(15)21-3)22(17-9-10-17)20(23)16-7-5-14(2)6-8-16/h4-8,17-18,21H,1,9-13H2,2-3H3. The number of nitrogens with one attached hydrogen (secondary N) is 1. The molecule has 1 amide bonds. The summed E-state index contributed by atoms with van der Waals surface area (Å²) in [6, 6.07) is 8.68. The molecular formula is C20H26N2O. The van der Waals surface area contributed by atoms with Crippen LogP contribution in [0.5, 0.6) is 0 Å². The quantitative estimate of drug-likeness (QED) is 0.897. The SMILES string of the molecule is C=CC1=C(NC)CCC(N(C(=O)c2ccc(C)cc2)C2CC2)C1. The predicted octanol–water partition coefficient (Wildman–Crippen LogP) is 3.81. The van der Waals surface area contributed by atoms with E-state index in [1.807, 2.05) is 37.4 Å². The second-order valence-corrected chi connectivity index (χ2v) is 6.66. The first-order valence-corrected chi connectivity index (χ1v) is 8.55. The summed E-state index contributed by atoms with van der Waals surface area (Å²) in [6.07, 6.45) is 7.15. The van der Waals surface area contributed by atoms with Crippen molar-refractivity contribution >= 4 is 5.91 Å². The third-order valence-corrected chi connectivity index (χ3v) is 4.99. The van der Waals surface area contributed by atoms with Crippen molar-refractivity contribution < 1.29 is 4.79 Å². The maximum atomic E-state index is 13.1. The van der Waals surface area contributed by atoms with Crippen LogP contribution in [-0.4, -0.2) is 29.9 Å². The fourth-order valence-electron chi connectivity index (χ4n) is 3.51. The first kappa shape index (κ1) is 15.9. The van der Waals surface area contributed by atoms with E-state index < -0.39 is 0 Å².